The molecule has 0 aromatic heterocycles. The van der Waals surface area contributed by atoms with E-state index in [1.807, 2.05) is 0 Å². The molecule has 1 heterocycles. The first-order valence-electron chi connectivity index (χ1n) is 7.69. The van der Waals surface area contributed by atoms with Crippen molar-refractivity contribution in [3.8, 4) is 5.75 Å². The number of carbonyl (C=O) groups excluding carboxylic acids is 1. The Bertz CT molecular complexity index is 604. The van der Waals surface area contributed by atoms with E-state index in [0.717, 1.165) is 5.56 Å². The maximum absolute atomic E-state index is 13.6. The second-order valence-electron chi connectivity index (χ2n) is 6.25. The van der Waals surface area contributed by atoms with Crippen molar-refractivity contribution in [2.24, 2.45) is 5.41 Å². The molecule has 6 heteroatoms. The lowest BCUT2D eigenvalue weighted by molar-refractivity contribution is -0.153. The van der Waals surface area contributed by atoms with E-state index < -0.39 is 17.2 Å². The Morgan fingerprint density at radius 3 is 2.78 bits per heavy atom. The molecule has 2 rings (SSSR count). The highest BCUT2D eigenvalue weighted by Crippen LogP contribution is 2.30. The zero-order chi connectivity index (χ0) is 17.0. The molecular formula is C17H22FNO4. The van der Waals surface area contributed by atoms with Gasteiger partial charge in [-0.3, -0.25) is 9.59 Å². The number of methoxy groups -OCH3 is 1. The maximum Gasteiger partial charge on any atom is 0.311 e. The molecule has 1 saturated heterocycles. The zero-order valence-corrected chi connectivity index (χ0v) is 13.5. The normalized spacial score (nSPS) is 21.1. The molecule has 1 aliphatic heterocycles. The first-order chi connectivity index (χ1) is 10.9. The number of piperidine rings is 1. The molecule has 1 N–H and O–H groups in total. The molecule has 23 heavy (non-hydrogen) atoms. The van der Waals surface area contributed by atoms with Crippen LogP contribution in [0.3, 0.4) is 0 Å². The van der Waals surface area contributed by atoms with Crippen molar-refractivity contribution in [1.29, 1.82) is 0 Å². The van der Waals surface area contributed by atoms with E-state index in [2.05, 4.69) is 0 Å². The molecule has 1 aromatic rings. The number of hydrogen-bond acceptors (Lipinski definition) is 3. The van der Waals surface area contributed by atoms with Gasteiger partial charge in [-0.05, 0) is 43.9 Å². The van der Waals surface area contributed by atoms with Crippen LogP contribution >= 0.6 is 0 Å². The summed E-state index contributed by atoms with van der Waals surface area (Å²) < 4.78 is 18.5. The molecule has 5 nitrogen and oxygen atoms in total. The van der Waals surface area contributed by atoms with Crippen molar-refractivity contribution in [1.82, 2.24) is 4.90 Å². The highest BCUT2D eigenvalue weighted by Gasteiger charge is 2.39. The fourth-order valence-electron chi connectivity index (χ4n) is 2.90. The second-order valence-corrected chi connectivity index (χ2v) is 6.25. The first-order valence-corrected chi connectivity index (χ1v) is 7.69. The van der Waals surface area contributed by atoms with E-state index in [9.17, 15) is 19.1 Å². The summed E-state index contributed by atoms with van der Waals surface area (Å²) in [7, 11) is 1.40. The van der Waals surface area contributed by atoms with Gasteiger partial charge in [0, 0.05) is 19.5 Å². The van der Waals surface area contributed by atoms with Crippen molar-refractivity contribution in [2.45, 2.75) is 32.6 Å². The van der Waals surface area contributed by atoms with Crippen LogP contribution in [0.5, 0.6) is 5.75 Å². The number of likely N-dealkylation sites (tertiary alicyclic amines) is 1. The first kappa shape index (κ1) is 17.2. The van der Waals surface area contributed by atoms with E-state index in [1.165, 1.54) is 19.2 Å². The Kier molecular flexibility index (Phi) is 5.23. The number of ether oxygens (including phenoxy) is 1. The van der Waals surface area contributed by atoms with Crippen LogP contribution in [-0.4, -0.2) is 42.1 Å². The van der Waals surface area contributed by atoms with Crippen LogP contribution < -0.4 is 4.74 Å². The molecule has 1 unspecified atom stereocenters. The van der Waals surface area contributed by atoms with Crippen molar-refractivity contribution >= 4 is 11.9 Å². The number of carbonyl (C=O) groups is 2. The number of amides is 1. The average Bonchev–Trinajstić information content (AvgIpc) is 2.52. The standard InChI is InChI=1S/C17H22FNO4/c1-17(16(21)22)8-3-9-19(11-17)15(20)7-5-12-4-6-14(23-2)13(18)10-12/h4,6,10H,3,5,7-9,11H2,1-2H3,(H,21,22). The summed E-state index contributed by atoms with van der Waals surface area (Å²) in [6.07, 6.45) is 1.92. The highest BCUT2D eigenvalue weighted by atomic mass is 19.1. The van der Waals surface area contributed by atoms with Crippen LogP contribution in [0.15, 0.2) is 18.2 Å². The van der Waals surface area contributed by atoms with E-state index >= 15 is 0 Å². The molecule has 0 spiro atoms. The van der Waals surface area contributed by atoms with Gasteiger partial charge in [0.1, 0.15) is 0 Å². The lowest BCUT2D eigenvalue weighted by atomic mass is 9.82. The molecule has 126 valence electrons. The molecule has 1 aromatic carbocycles. The fourth-order valence-corrected chi connectivity index (χ4v) is 2.90. The van der Waals surface area contributed by atoms with Crippen molar-refractivity contribution in [2.75, 3.05) is 20.2 Å². The number of aliphatic carboxylic acids is 1. The van der Waals surface area contributed by atoms with Crippen molar-refractivity contribution in [3.63, 3.8) is 0 Å². The second kappa shape index (κ2) is 6.98. The monoisotopic (exact) mass is 323 g/mol. The molecule has 0 bridgehead atoms. The third kappa shape index (κ3) is 4.00. The highest BCUT2D eigenvalue weighted by molar-refractivity contribution is 5.79. The topological polar surface area (TPSA) is 66.8 Å². The van der Waals surface area contributed by atoms with Crippen LogP contribution in [0.1, 0.15) is 31.7 Å². The Hall–Kier alpha value is -2.11. The number of halogens is 1. The Morgan fingerprint density at radius 1 is 1.43 bits per heavy atom. The van der Waals surface area contributed by atoms with Crippen LogP contribution in [-0.2, 0) is 16.0 Å². The molecule has 0 saturated carbocycles. The van der Waals surface area contributed by atoms with Crippen LogP contribution in [0.25, 0.3) is 0 Å². The summed E-state index contributed by atoms with van der Waals surface area (Å²) in [6.45, 7) is 2.49. The number of nitrogens with zero attached hydrogens (tertiary/aromatic N) is 1. The van der Waals surface area contributed by atoms with Gasteiger partial charge in [0.05, 0.1) is 12.5 Å². The van der Waals surface area contributed by atoms with Gasteiger partial charge in [0.15, 0.2) is 11.6 Å². The number of hydrogen-bond donors (Lipinski definition) is 1. The predicted molar refractivity (Wildman–Crippen MR) is 82.8 cm³/mol. The SMILES string of the molecule is COc1ccc(CCC(=O)N2CCCC(C)(C(=O)O)C2)cc1F. The van der Waals surface area contributed by atoms with Crippen LogP contribution in [0, 0.1) is 11.2 Å². The van der Waals surface area contributed by atoms with Gasteiger partial charge in [0.25, 0.3) is 0 Å². The molecular weight excluding hydrogens is 301 g/mol. The molecule has 1 fully saturated rings. The lowest BCUT2D eigenvalue weighted by Crippen LogP contribution is -2.48. The van der Waals surface area contributed by atoms with Gasteiger partial charge in [-0.2, -0.15) is 0 Å². The minimum Gasteiger partial charge on any atom is -0.494 e. The van der Waals surface area contributed by atoms with Gasteiger partial charge in [0.2, 0.25) is 5.91 Å². The molecule has 0 radical (unpaired) electrons. The predicted octanol–water partition coefficient (Wildman–Crippen LogP) is 2.48. The van der Waals surface area contributed by atoms with Crippen molar-refractivity contribution < 1.29 is 23.8 Å². The number of carboxylic acids is 1. The van der Waals surface area contributed by atoms with E-state index in [1.54, 1.807) is 17.9 Å². The van der Waals surface area contributed by atoms with E-state index in [-0.39, 0.29) is 24.6 Å². The minimum atomic E-state index is -0.875. The minimum absolute atomic E-state index is 0.0894. The average molecular weight is 323 g/mol. The zero-order valence-electron chi connectivity index (χ0n) is 13.5. The Labute approximate surface area is 135 Å². The van der Waals surface area contributed by atoms with Gasteiger partial charge < -0.3 is 14.7 Å². The molecule has 0 aliphatic carbocycles. The van der Waals surface area contributed by atoms with Gasteiger partial charge >= 0.3 is 5.97 Å². The number of benzene rings is 1. The summed E-state index contributed by atoms with van der Waals surface area (Å²) >= 11 is 0. The van der Waals surface area contributed by atoms with E-state index in [4.69, 9.17) is 4.74 Å². The smallest absolute Gasteiger partial charge is 0.311 e. The van der Waals surface area contributed by atoms with Gasteiger partial charge in [-0.15, -0.1) is 0 Å². The lowest BCUT2D eigenvalue weighted by Gasteiger charge is -2.37. The van der Waals surface area contributed by atoms with Crippen LogP contribution in [0.2, 0.25) is 0 Å². The maximum atomic E-state index is 13.6. The third-order valence-corrected chi connectivity index (χ3v) is 4.41. The molecule has 1 aliphatic rings. The third-order valence-electron chi connectivity index (χ3n) is 4.41. The van der Waals surface area contributed by atoms with Crippen molar-refractivity contribution in [3.05, 3.63) is 29.6 Å². The molecule has 1 amide bonds. The van der Waals surface area contributed by atoms with Gasteiger partial charge in [-0.1, -0.05) is 6.07 Å². The van der Waals surface area contributed by atoms with Gasteiger partial charge in [-0.25, -0.2) is 4.39 Å². The largest absolute Gasteiger partial charge is 0.494 e. The Morgan fingerprint density at radius 2 is 2.17 bits per heavy atom. The number of aryl methyl sites for hydroxylation is 1. The summed E-state index contributed by atoms with van der Waals surface area (Å²) in [5.74, 6) is -1.23. The summed E-state index contributed by atoms with van der Waals surface area (Å²) in [6, 6.07) is 4.63. The quantitative estimate of drug-likeness (QED) is 0.904. The Balaban J connectivity index is 1.94. The van der Waals surface area contributed by atoms with E-state index in [0.29, 0.717) is 25.8 Å². The molecule has 1 atom stereocenters. The summed E-state index contributed by atoms with van der Waals surface area (Å²) in [5.41, 5.74) is -0.158. The summed E-state index contributed by atoms with van der Waals surface area (Å²) in [5, 5.41) is 9.29. The number of carboxylic acid groups (broad SMARTS) is 1. The van der Waals surface area contributed by atoms with Crippen LogP contribution in [0.4, 0.5) is 4.39 Å². The fraction of sp³-hybridized carbons (Fsp3) is 0.529. The summed E-state index contributed by atoms with van der Waals surface area (Å²) in [4.78, 5) is 25.2. The number of rotatable bonds is 5.